The lowest BCUT2D eigenvalue weighted by molar-refractivity contribution is -0.107. The lowest BCUT2D eigenvalue weighted by atomic mass is 10.00. The summed E-state index contributed by atoms with van der Waals surface area (Å²) in [5.74, 6) is 0. The maximum atomic E-state index is 10.6. The fourth-order valence-corrected chi connectivity index (χ4v) is 2.23. The predicted molar refractivity (Wildman–Crippen MR) is 58.1 cm³/mol. The third kappa shape index (κ3) is 2.10. The molecule has 1 aromatic rings. The lowest BCUT2D eigenvalue weighted by Gasteiger charge is -2.11. The number of aldehydes is 1. The number of halogens is 1. The van der Waals surface area contributed by atoms with Crippen LogP contribution in [0.3, 0.4) is 0 Å². The molecule has 13 heavy (non-hydrogen) atoms. The Labute approximate surface area is 86.3 Å². The highest BCUT2D eigenvalue weighted by Gasteiger charge is 2.12. The van der Waals surface area contributed by atoms with E-state index < -0.39 is 0 Å². The van der Waals surface area contributed by atoms with Crippen molar-refractivity contribution in [1.29, 1.82) is 0 Å². The van der Waals surface area contributed by atoms with Gasteiger partial charge in [0, 0.05) is 5.69 Å². The van der Waals surface area contributed by atoms with E-state index in [1.807, 2.05) is 26.0 Å². The minimum atomic E-state index is -0.229. The van der Waals surface area contributed by atoms with E-state index in [-0.39, 0.29) is 4.83 Å². The SMILES string of the molecule is Cc1cc(N)cc(C)c1C(Br)C=O. The molecular formula is C10H12BrNO. The second-order valence-electron chi connectivity index (χ2n) is 3.11. The third-order valence-electron chi connectivity index (χ3n) is 2.01. The Morgan fingerprint density at radius 3 is 2.23 bits per heavy atom. The molecule has 0 radical (unpaired) electrons. The molecular weight excluding hydrogens is 230 g/mol. The maximum Gasteiger partial charge on any atom is 0.138 e. The van der Waals surface area contributed by atoms with Gasteiger partial charge in [0.15, 0.2) is 0 Å². The molecule has 0 aliphatic rings. The molecule has 2 N–H and O–H groups in total. The molecule has 0 amide bonds. The third-order valence-corrected chi connectivity index (χ3v) is 2.68. The van der Waals surface area contributed by atoms with Crippen LogP contribution in [-0.2, 0) is 4.79 Å². The number of alkyl halides is 1. The van der Waals surface area contributed by atoms with Gasteiger partial charge in [-0.1, -0.05) is 15.9 Å². The summed E-state index contributed by atoms with van der Waals surface area (Å²) in [7, 11) is 0. The van der Waals surface area contributed by atoms with Crippen molar-refractivity contribution in [2.75, 3.05) is 5.73 Å². The molecule has 2 nitrogen and oxygen atoms in total. The van der Waals surface area contributed by atoms with Crippen LogP contribution in [-0.4, -0.2) is 6.29 Å². The van der Waals surface area contributed by atoms with Crippen LogP contribution in [0.4, 0.5) is 5.69 Å². The van der Waals surface area contributed by atoms with E-state index >= 15 is 0 Å². The van der Waals surface area contributed by atoms with E-state index in [1.54, 1.807) is 0 Å². The average molecular weight is 242 g/mol. The fraction of sp³-hybridized carbons (Fsp3) is 0.300. The van der Waals surface area contributed by atoms with Gasteiger partial charge in [-0.05, 0) is 42.7 Å². The molecule has 0 spiro atoms. The lowest BCUT2D eigenvalue weighted by Crippen LogP contribution is -2.00. The number of hydrogen-bond donors (Lipinski definition) is 1. The molecule has 0 aromatic heterocycles. The number of anilines is 1. The summed E-state index contributed by atoms with van der Waals surface area (Å²) in [6, 6.07) is 3.75. The van der Waals surface area contributed by atoms with E-state index in [0.29, 0.717) is 0 Å². The number of rotatable bonds is 2. The molecule has 0 heterocycles. The van der Waals surface area contributed by atoms with Crippen LogP contribution < -0.4 is 5.73 Å². The summed E-state index contributed by atoms with van der Waals surface area (Å²) in [5, 5.41) is 0. The van der Waals surface area contributed by atoms with Gasteiger partial charge >= 0.3 is 0 Å². The molecule has 1 aromatic carbocycles. The highest BCUT2D eigenvalue weighted by molar-refractivity contribution is 9.09. The Kier molecular flexibility index (Phi) is 3.09. The van der Waals surface area contributed by atoms with Crippen LogP contribution in [0.2, 0.25) is 0 Å². The quantitative estimate of drug-likeness (QED) is 0.492. The molecule has 0 aliphatic carbocycles. The summed E-state index contributed by atoms with van der Waals surface area (Å²) < 4.78 is 0. The van der Waals surface area contributed by atoms with Crippen molar-refractivity contribution in [3.63, 3.8) is 0 Å². The van der Waals surface area contributed by atoms with Crippen molar-refractivity contribution in [1.82, 2.24) is 0 Å². The van der Waals surface area contributed by atoms with E-state index in [9.17, 15) is 4.79 Å². The van der Waals surface area contributed by atoms with Crippen LogP contribution in [0.25, 0.3) is 0 Å². The Morgan fingerprint density at radius 2 is 1.85 bits per heavy atom. The van der Waals surface area contributed by atoms with Crippen molar-refractivity contribution in [3.8, 4) is 0 Å². The molecule has 0 fully saturated rings. The summed E-state index contributed by atoms with van der Waals surface area (Å²) in [6.45, 7) is 3.91. The minimum Gasteiger partial charge on any atom is -0.399 e. The zero-order valence-electron chi connectivity index (χ0n) is 7.67. The summed E-state index contributed by atoms with van der Waals surface area (Å²) in [4.78, 5) is 10.4. The smallest absolute Gasteiger partial charge is 0.138 e. The largest absolute Gasteiger partial charge is 0.399 e. The average Bonchev–Trinajstić information content (AvgIpc) is 2.02. The first-order valence-electron chi connectivity index (χ1n) is 4.02. The number of benzene rings is 1. The van der Waals surface area contributed by atoms with Gasteiger partial charge in [-0.25, -0.2) is 0 Å². The standard InChI is InChI=1S/C10H12BrNO/c1-6-3-8(12)4-7(2)10(6)9(11)5-13/h3-5,9H,12H2,1-2H3. The summed E-state index contributed by atoms with van der Waals surface area (Å²) >= 11 is 3.30. The van der Waals surface area contributed by atoms with Crippen LogP contribution in [0.5, 0.6) is 0 Å². The number of aryl methyl sites for hydroxylation is 2. The molecule has 70 valence electrons. The second kappa shape index (κ2) is 3.92. The highest BCUT2D eigenvalue weighted by atomic mass is 79.9. The molecule has 1 rings (SSSR count). The first kappa shape index (κ1) is 10.3. The van der Waals surface area contributed by atoms with Crippen LogP contribution in [0.1, 0.15) is 21.5 Å². The Morgan fingerprint density at radius 1 is 1.38 bits per heavy atom. The van der Waals surface area contributed by atoms with Gasteiger partial charge in [-0.3, -0.25) is 0 Å². The molecule has 3 heteroatoms. The molecule has 0 aliphatic heterocycles. The number of hydrogen-bond acceptors (Lipinski definition) is 2. The van der Waals surface area contributed by atoms with Gasteiger partial charge in [-0.2, -0.15) is 0 Å². The van der Waals surface area contributed by atoms with Crippen LogP contribution in [0, 0.1) is 13.8 Å². The Bertz CT molecular complexity index is 313. The maximum absolute atomic E-state index is 10.6. The summed E-state index contributed by atoms with van der Waals surface area (Å²) in [6.07, 6.45) is 0.880. The van der Waals surface area contributed by atoms with Gasteiger partial charge in [0.1, 0.15) is 6.29 Å². The molecule has 0 saturated heterocycles. The molecule has 0 saturated carbocycles. The van der Waals surface area contributed by atoms with Gasteiger partial charge in [-0.15, -0.1) is 0 Å². The predicted octanol–water partition coefficient (Wildman–Crippen LogP) is 2.52. The highest BCUT2D eigenvalue weighted by Crippen LogP contribution is 2.28. The van der Waals surface area contributed by atoms with Gasteiger partial charge in [0.2, 0.25) is 0 Å². The zero-order valence-corrected chi connectivity index (χ0v) is 9.26. The Hall–Kier alpha value is -0.830. The molecule has 1 unspecified atom stereocenters. The van der Waals surface area contributed by atoms with E-state index in [1.165, 1.54) is 0 Å². The van der Waals surface area contributed by atoms with Crippen molar-refractivity contribution in [3.05, 3.63) is 28.8 Å². The van der Waals surface area contributed by atoms with E-state index in [0.717, 1.165) is 28.7 Å². The number of carbonyl (C=O) groups excluding carboxylic acids is 1. The van der Waals surface area contributed by atoms with Gasteiger partial charge in [0.05, 0.1) is 4.83 Å². The number of carbonyl (C=O) groups is 1. The number of nitrogens with two attached hydrogens (primary N) is 1. The fourth-order valence-electron chi connectivity index (χ4n) is 1.51. The first-order valence-corrected chi connectivity index (χ1v) is 4.93. The first-order chi connectivity index (χ1) is 6.06. The van der Waals surface area contributed by atoms with E-state index in [4.69, 9.17) is 5.73 Å². The zero-order chi connectivity index (χ0) is 10.0. The van der Waals surface area contributed by atoms with Crippen molar-refractivity contribution >= 4 is 27.9 Å². The monoisotopic (exact) mass is 241 g/mol. The minimum absolute atomic E-state index is 0.229. The topological polar surface area (TPSA) is 43.1 Å². The van der Waals surface area contributed by atoms with Crippen molar-refractivity contribution in [2.24, 2.45) is 0 Å². The normalized spacial score (nSPS) is 12.5. The molecule has 0 bridgehead atoms. The van der Waals surface area contributed by atoms with Crippen LogP contribution in [0.15, 0.2) is 12.1 Å². The van der Waals surface area contributed by atoms with Gasteiger partial charge in [0.25, 0.3) is 0 Å². The van der Waals surface area contributed by atoms with Crippen molar-refractivity contribution in [2.45, 2.75) is 18.7 Å². The summed E-state index contributed by atoms with van der Waals surface area (Å²) in [5.41, 5.74) is 9.52. The van der Waals surface area contributed by atoms with Crippen molar-refractivity contribution < 1.29 is 4.79 Å². The van der Waals surface area contributed by atoms with Gasteiger partial charge < -0.3 is 10.5 Å². The Balaban J connectivity index is 3.28. The van der Waals surface area contributed by atoms with Crippen LogP contribution >= 0.6 is 15.9 Å². The number of nitrogen functional groups attached to an aromatic ring is 1. The second-order valence-corrected chi connectivity index (χ2v) is 4.09. The molecule has 1 atom stereocenters. The van der Waals surface area contributed by atoms with E-state index in [2.05, 4.69) is 15.9 Å².